The fourth-order valence-corrected chi connectivity index (χ4v) is 0.661. The molecule has 11 heavy (non-hydrogen) atoms. The lowest BCUT2D eigenvalue weighted by molar-refractivity contribution is -0.117. The quantitative estimate of drug-likeness (QED) is 0.615. The molecule has 0 radical (unpaired) electrons. The molecule has 0 aliphatic carbocycles. The van der Waals surface area contributed by atoms with E-state index in [1.165, 1.54) is 0 Å². The lowest BCUT2D eigenvalue weighted by Gasteiger charge is -2.22. The average molecular weight is 159 g/mol. The molecule has 1 N–H and O–H groups in total. The first kappa shape index (κ1) is 9.94. The van der Waals surface area contributed by atoms with Crippen LogP contribution in [0.15, 0.2) is 0 Å². The Morgan fingerprint density at radius 2 is 2.00 bits per heavy atom. The lowest BCUT2D eigenvalue weighted by Crippen LogP contribution is -2.35. The van der Waals surface area contributed by atoms with E-state index in [4.69, 9.17) is 5.11 Å². The van der Waals surface area contributed by atoms with Gasteiger partial charge in [0.2, 0.25) is 6.41 Å². The van der Waals surface area contributed by atoms with Gasteiger partial charge in [0.15, 0.2) is 0 Å². The molecule has 0 unspecified atom stereocenters. The maximum Gasteiger partial charge on any atom is 0.413 e. The van der Waals surface area contributed by atoms with Gasteiger partial charge in [-0.2, -0.15) is 0 Å². The van der Waals surface area contributed by atoms with E-state index in [1.54, 1.807) is 0 Å². The first-order valence-electron chi connectivity index (χ1n) is 3.32. The van der Waals surface area contributed by atoms with E-state index >= 15 is 0 Å². The predicted molar refractivity (Wildman–Crippen MR) is 40.2 cm³/mol. The van der Waals surface area contributed by atoms with Crippen LogP contribution in [0.3, 0.4) is 0 Å². The van der Waals surface area contributed by atoms with Gasteiger partial charge in [-0.05, 0) is 5.41 Å². The van der Waals surface area contributed by atoms with Crippen LogP contribution in [0.4, 0.5) is 4.79 Å². The summed E-state index contributed by atoms with van der Waals surface area (Å²) in [6, 6.07) is 0. The second-order valence-corrected chi connectivity index (χ2v) is 3.58. The lowest BCUT2D eigenvalue weighted by atomic mass is 9.96. The summed E-state index contributed by atoms with van der Waals surface area (Å²) in [5.41, 5.74) is -0.181. The van der Waals surface area contributed by atoms with Gasteiger partial charge in [0.25, 0.3) is 0 Å². The largest absolute Gasteiger partial charge is 0.465 e. The van der Waals surface area contributed by atoms with Crippen LogP contribution in [0.5, 0.6) is 0 Å². The van der Waals surface area contributed by atoms with E-state index in [9.17, 15) is 9.59 Å². The molecule has 64 valence electrons. The Kier molecular flexibility index (Phi) is 3.04. The van der Waals surface area contributed by atoms with E-state index in [2.05, 4.69) is 0 Å². The number of imide groups is 1. The highest BCUT2D eigenvalue weighted by atomic mass is 16.4. The van der Waals surface area contributed by atoms with Crippen molar-refractivity contribution in [3.8, 4) is 0 Å². The normalized spacial score (nSPS) is 10.8. The van der Waals surface area contributed by atoms with Gasteiger partial charge in [-0.1, -0.05) is 20.8 Å². The zero-order chi connectivity index (χ0) is 9.07. The summed E-state index contributed by atoms with van der Waals surface area (Å²) >= 11 is 0. The molecule has 0 spiro atoms. The van der Waals surface area contributed by atoms with Crippen LogP contribution in [0.1, 0.15) is 20.8 Å². The van der Waals surface area contributed by atoms with Crippen molar-refractivity contribution in [2.45, 2.75) is 20.8 Å². The third-order valence-electron chi connectivity index (χ3n) is 1.02. The highest BCUT2D eigenvalue weighted by molar-refractivity contribution is 5.78. The summed E-state index contributed by atoms with van der Waals surface area (Å²) in [5.74, 6) is 0. The van der Waals surface area contributed by atoms with Crippen LogP contribution in [-0.2, 0) is 4.79 Å². The van der Waals surface area contributed by atoms with E-state index in [-0.39, 0.29) is 12.0 Å². The number of hydrogen-bond donors (Lipinski definition) is 1. The third kappa shape index (κ3) is 4.36. The van der Waals surface area contributed by atoms with Crippen molar-refractivity contribution in [1.82, 2.24) is 4.90 Å². The Morgan fingerprint density at radius 3 is 2.09 bits per heavy atom. The van der Waals surface area contributed by atoms with Crippen LogP contribution in [-0.4, -0.2) is 29.1 Å². The number of hydrogen-bond acceptors (Lipinski definition) is 2. The molecule has 0 atom stereocenters. The minimum absolute atomic E-state index is 0.181. The Balaban J connectivity index is 4.10. The molecule has 0 aromatic rings. The van der Waals surface area contributed by atoms with Crippen molar-refractivity contribution in [1.29, 1.82) is 0 Å². The monoisotopic (exact) mass is 159 g/mol. The molecule has 0 aliphatic rings. The Labute approximate surface area is 65.8 Å². The van der Waals surface area contributed by atoms with Gasteiger partial charge in [0.05, 0.1) is 0 Å². The predicted octanol–water partition coefficient (Wildman–Crippen LogP) is 1.17. The molecular weight excluding hydrogens is 146 g/mol. The standard InChI is InChI=1S/C7H13NO3/c1-7(2,3)4-8(5-9)6(10)11/h5H,4H2,1-3H3,(H,10,11). The van der Waals surface area contributed by atoms with Crippen LogP contribution >= 0.6 is 0 Å². The number of carbonyl (C=O) groups is 2. The maximum absolute atomic E-state index is 10.3. The van der Waals surface area contributed by atoms with Gasteiger partial charge in [0, 0.05) is 6.54 Å². The molecule has 4 nitrogen and oxygen atoms in total. The Hall–Kier alpha value is -1.06. The smallest absolute Gasteiger partial charge is 0.413 e. The zero-order valence-corrected chi connectivity index (χ0v) is 7.00. The Bertz CT molecular complexity index is 160. The van der Waals surface area contributed by atoms with Crippen molar-refractivity contribution in [2.75, 3.05) is 6.54 Å². The minimum atomic E-state index is -1.20. The highest BCUT2D eigenvalue weighted by Gasteiger charge is 2.19. The molecule has 0 aromatic carbocycles. The molecule has 2 amide bonds. The number of nitrogens with zero attached hydrogens (tertiary/aromatic N) is 1. The summed E-state index contributed by atoms with van der Waals surface area (Å²) < 4.78 is 0. The van der Waals surface area contributed by atoms with E-state index in [1.807, 2.05) is 20.8 Å². The molecule has 4 heteroatoms. The molecule has 0 bridgehead atoms. The van der Waals surface area contributed by atoms with Gasteiger partial charge in [-0.3, -0.25) is 4.79 Å². The van der Waals surface area contributed by atoms with E-state index in [0.29, 0.717) is 6.41 Å². The van der Waals surface area contributed by atoms with Crippen molar-refractivity contribution in [3.63, 3.8) is 0 Å². The fourth-order valence-electron chi connectivity index (χ4n) is 0.661. The number of carbonyl (C=O) groups excluding carboxylic acids is 1. The second-order valence-electron chi connectivity index (χ2n) is 3.58. The number of rotatable bonds is 2. The van der Waals surface area contributed by atoms with Crippen molar-refractivity contribution in [3.05, 3.63) is 0 Å². The first-order chi connectivity index (χ1) is 4.87. The summed E-state index contributed by atoms with van der Waals surface area (Å²) in [7, 11) is 0. The number of carboxylic acid groups (broad SMARTS) is 1. The molecule has 0 fully saturated rings. The zero-order valence-electron chi connectivity index (χ0n) is 7.00. The SMILES string of the molecule is CC(C)(C)CN(C=O)C(=O)O. The molecule has 0 heterocycles. The fraction of sp³-hybridized carbons (Fsp3) is 0.714. The van der Waals surface area contributed by atoms with Crippen LogP contribution < -0.4 is 0 Å². The van der Waals surface area contributed by atoms with Crippen LogP contribution in [0, 0.1) is 5.41 Å². The number of amides is 2. The molecule has 0 rings (SSSR count). The average Bonchev–Trinajstić information content (AvgIpc) is 1.80. The van der Waals surface area contributed by atoms with Gasteiger partial charge in [-0.15, -0.1) is 0 Å². The van der Waals surface area contributed by atoms with E-state index < -0.39 is 6.09 Å². The second kappa shape index (κ2) is 3.37. The molecule has 0 saturated carbocycles. The molecule has 0 saturated heterocycles. The van der Waals surface area contributed by atoms with Gasteiger partial charge in [0.1, 0.15) is 0 Å². The van der Waals surface area contributed by atoms with Crippen LogP contribution in [0.2, 0.25) is 0 Å². The van der Waals surface area contributed by atoms with Gasteiger partial charge < -0.3 is 5.11 Å². The molecular formula is C7H13NO3. The van der Waals surface area contributed by atoms with E-state index in [0.717, 1.165) is 4.90 Å². The minimum Gasteiger partial charge on any atom is -0.465 e. The molecule has 0 aromatic heterocycles. The third-order valence-corrected chi connectivity index (χ3v) is 1.02. The topological polar surface area (TPSA) is 57.6 Å². The first-order valence-corrected chi connectivity index (χ1v) is 3.32. The summed E-state index contributed by atoms with van der Waals surface area (Å²) in [4.78, 5) is 21.2. The van der Waals surface area contributed by atoms with Gasteiger partial charge in [-0.25, -0.2) is 9.69 Å². The van der Waals surface area contributed by atoms with Crippen molar-refractivity contribution >= 4 is 12.5 Å². The van der Waals surface area contributed by atoms with Crippen molar-refractivity contribution < 1.29 is 14.7 Å². The molecule has 0 aliphatic heterocycles. The summed E-state index contributed by atoms with van der Waals surface area (Å²) in [6.07, 6.45) is -0.872. The van der Waals surface area contributed by atoms with Crippen LogP contribution in [0.25, 0.3) is 0 Å². The van der Waals surface area contributed by atoms with Crippen molar-refractivity contribution in [2.24, 2.45) is 5.41 Å². The summed E-state index contributed by atoms with van der Waals surface area (Å²) in [5, 5.41) is 8.43. The van der Waals surface area contributed by atoms with Gasteiger partial charge >= 0.3 is 6.09 Å². The Morgan fingerprint density at radius 1 is 1.55 bits per heavy atom. The summed E-state index contributed by atoms with van der Waals surface area (Å²) in [6.45, 7) is 5.83. The maximum atomic E-state index is 10.3. The highest BCUT2D eigenvalue weighted by Crippen LogP contribution is 2.13.